The monoisotopic (exact) mass is 410 g/mol. The van der Waals surface area contributed by atoms with Gasteiger partial charge in [-0.1, -0.05) is 0 Å². The number of ether oxygens (including phenoxy) is 2. The number of amides is 2. The van der Waals surface area contributed by atoms with E-state index >= 15 is 0 Å². The van der Waals surface area contributed by atoms with Gasteiger partial charge in [-0.25, -0.2) is 14.5 Å². The van der Waals surface area contributed by atoms with E-state index in [1.807, 2.05) is 0 Å². The number of carbonyl (C=O) groups excluding carboxylic acids is 2. The number of aryl methyl sites for hydroxylation is 1. The molecule has 2 amide bonds. The van der Waals surface area contributed by atoms with Crippen LogP contribution in [0.3, 0.4) is 0 Å². The largest absolute Gasteiger partial charge is 0.509 e. The molecule has 28 heavy (non-hydrogen) atoms. The third kappa shape index (κ3) is 11.1. The average molecular weight is 410 g/mol. The van der Waals surface area contributed by atoms with E-state index in [9.17, 15) is 9.59 Å². The van der Waals surface area contributed by atoms with Crippen molar-refractivity contribution in [2.45, 2.75) is 27.7 Å². The smallest absolute Gasteiger partial charge is 0.339 e. The second-order valence-electron chi connectivity index (χ2n) is 4.57. The molecule has 0 spiro atoms. The van der Waals surface area contributed by atoms with Crippen molar-refractivity contribution < 1.29 is 19.1 Å². The second-order valence-corrected chi connectivity index (χ2v) is 4.97. The highest BCUT2D eigenvalue weighted by Gasteiger charge is 2.15. The van der Waals surface area contributed by atoms with E-state index in [0.717, 1.165) is 0 Å². The number of nitrogens with one attached hydrogen (secondary N) is 2. The van der Waals surface area contributed by atoms with Gasteiger partial charge < -0.3 is 30.9 Å². The van der Waals surface area contributed by atoms with E-state index in [2.05, 4.69) is 48.1 Å². The molecule has 0 saturated carbocycles. The maximum Gasteiger partial charge on any atom is 0.339 e. The second kappa shape index (κ2) is 14.5. The van der Waals surface area contributed by atoms with Crippen LogP contribution < -0.4 is 17.0 Å². The Morgan fingerprint density at radius 3 is 2.00 bits per heavy atom. The number of carbonyl (C=O) groups is 2. The molecule has 0 aliphatic carbocycles. The summed E-state index contributed by atoms with van der Waals surface area (Å²) >= 11 is 4.68. The number of nitrogens with two attached hydrogens (primary N) is 2. The van der Waals surface area contributed by atoms with Crippen LogP contribution in [0.5, 0.6) is 0 Å². The number of urea groups is 1. The highest BCUT2D eigenvalue weighted by molar-refractivity contribution is 7.71. The minimum atomic E-state index is -0.833. The molecule has 0 aliphatic rings. The Labute approximate surface area is 167 Å². The van der Waals surface area contributed by atoms with Gasteiger partial charge >= 0.3 is 17.7 Å². The van der Waals surface area contributed by atoms with Gasteiger partial charge in [-0.05, 0) is 39.9 Å². The number of nitrogens with zero attached hydrogens (tertiary/aromatic N) is 2. The van der Waals surface area contributed by atoms with Crippen molar-refractivity contribution in [3.8, 4) is 0 Å². The lowest BCUT2D eigenvalue weighted by molar-refractivity contribution is -0.138. The topological polar surface area (TPSA) is 162 Å². The zero-order valence-corrected chi connectivity index (χ0v) is 16.7. The van der Waals surface area contributed by atoms with E-state index in [1.54, 1.807) is 27.7 Å². The molecule has 0 bridgehead atoms. The Kier molecular flexibility index (Phi) is 13.8. The minimum absolute atomic E-state index is 0.0681. The van der Waals surface area contributed by atoms with Crippen LogP contribution in [-0.4, -0.2) is 35.2 Å². The molecule has 1 heterocycles. The first-order valence-corrected chi connectivity index (χ1v) is 8.10. The van der Waals surface area contributed by atoms with Crippen molar-refractivity contribution >= 4 is 29.9 Å². The number of H-pyrrole nitrogens is 2. The fraction of sp³-hybridized carbons (Fsp3) is 0.375. The molecule has 1 rings (SSSR count). The average Bonchev–Trinajstić information content (AvgIpc) is 2.55. The van der Waals surface area contributed by atoms with Gasteiger partial charge in [-0.15, -0.1) is 0 Å². The number of aromatic amines is 2. The van der Waals surface area contributed by atoms with Crippen LogP contribution in [0, 0.1) is 24.8 Å². The maximum absolute atomic E-state index is 11.1. The first-order chi connectivity index (χ1) is 13.0. The summed E-state index contributed by atoms with van der Waals surface area (Å²) in [5, 5.41) is 0. The molecule has 152 valence electrons. The Bertz CT molecular complexity index is 900. The standard InChI is InChI=1S/C9H13NO3.C6H5N3OS.CH4N2O/c1-5-12-7(3)8(10-4)9(11)13-6-2;1-3-4(7-2)5(10)9-6(11)8-3;2-1(3)4/h5-6H2,1-3H3;1H3,(H2,8,9,10,11);(H4,2,3,4)/b8-7+;;. The molecule has 0 aliphatic heterocycles. The fourth-order valence-corrected chi connectivity index (χ4v) is 1.73. The fourth-order valence-electron chi connectivity index (χ4n) is 1.48. The van der Waals surface area contributed by atoms with Crippen molar-refractivity contribution in [3.63, 3.8) is 0 Å². The number of allylic oxidation sites excluding steroid dienone is 1. The highest BCUT2D eigenvalue weighted by atomic mass is 32.1. The molecule has 0 unspecified atom stereocenters. The first-order valence-electron chi connectivity index (χ1n) is 7.69. The maximum atomic E-state index is 11.1. The molecule has 1 aromatic heterocycles. The zero-order chi connectivity index (χ0) is 22.3. The highest BCUT2D eigenvalue weighted by Crippen LogP contribution is 2.09. The van der Waals surface area contributed by atoms with Gasteiger partial charge in [-0.3, -0.25) is 9.59 Å². The van der Waals surface area contributed by atoms with Crippen LogP contribution >= 0.6 is 12.2 Å². The van der Waals surface area contributed by atoms with E-state index in [-0.39, 0.29) is 22.8 Å². The quantitative estimate of drug-likeness (QED) is 0.195. The molecule has 12 heteroatoms. The summed E-state index contributed by atoms with van der Waals surface area (Å²) in [4.78, 5) is 42.1. The normalized spacial score (nSPS) is 9.64. The molecule has 0 atom stereocenters. The van der Waals surface area contributed by atoms with E-state index in [0.29, 0.717) is 18.1 Å². The molecular weight excluding hydrogens is 388 g/mol. The van der Waals surface area contributed by atoms with Gasteiger partial charge in [0.1, 0.15) is 5.76 Å². The zero-order valence-electron chi connectivity index (χ0n) is 15.9. The number of hydrogen-bond acceptors (Lipinski definition) is 6. The van der Waals surface area contributed by atoms with Crippen molar-refractivity contribution in [2.24, 2.45) is 11.5 Å². The van der Waals surface area contributed by atoms with Crippen molar-refractivity contribution in [1.82, 2.24) is 9.97 Å². The summed E-state index contributed by atoms with van der Waals surface area (Å²) < 4.78 is 9.95. The number of hydrogen-bond donors (Lipinski definition) is 4. The van der Waals surface area contributed by atoms with Gasteiger partial charge in [0, 0.05) is 5.69 Å². The van der Waals surface area contributed by atoms with Crippen molar-refractivity contribution in [3.05, 3.63) is 55.1 Å². The lowest BCUT2D eigenvalue weighted by Gasteiger charge is -2.05. The van der Waals surface area contributed by atoms with Gasteiger partial charge in [0.2, 0.25) is 0 Å². The van der Waals surface area contributed by atoms with Crippen LogP contribution in [0.1, 0.15) is 26.5 Å². The minimum Gasteiger partial charge on any atom is -0.509 e. The van der Waals surface area contributed by atoms with Crippen LogP contribution in [0.25, 0.3) is 9.69 Å². The Morgan fingerprint density at radius 1 is 1.14 bits per heavy atom. The van der Waals surface area contributed by atoms with Gasteiger partial charge in [0.15, 0.2) is 4.77 Å². The van der Waals surface area contributed by atoms with E-state index in [1.165, 1.54) is 0 Å². The Morgan fingerprint density at radius 2 is 1.64 bits per heavy atom. The summed E-state index contributed by atoms with van der Waals surface area (Å²) in [7, 11) is 0. The molecule has 0 fully saturated rings. The Balaban J connectivity index is 0. The molecule has 6 N–H and O–H groups in total. The number of primary amides is 2. The number of rotatable bonds is 4. The van der Waals surface area contributed by atoms with E-state index in [4.69, 9.17) is 22.7 Å². The van der Waals surface area contributed by atoms with Crippen LogP contribution in [0.15, 0.2) is 16.3 Å². The molecule has 11 nitrogen and oxygen atoms in total. The molecule has 0 aromatic carbocycles. The predicted octanol–water partition coefficient (Wildman–Crippen LogP) is 2.05. The van der Waals surface area contributed by atoms with Crippen molar-refractivity contribution in [1.29, 1.82) is 0 Å². The lowest BCUT2D eigenvalue weighted by atomic mass is 10.4. The SMILES string of the molecule is NC(N)=O.[C-]#[N+]/C(C(=O)OCC)=C(\C)OCC.[C-]#[N+]c1c(C)[nH]c(=S)[nH]c1=O. The molecular formula is C16H22N6O5S. The predicted molar refractivity (Wildman–Crippen MR) is 105 cm³/mol. The van der Waals surface area contributed by atoms with Crippen molar-refractivity contribution in [2.75, 3.05) is 13.2 Å². The number of esters is 1. The summed E-state index contributed by atoms with van der Waals surface area (Å²) in [6.45, 7) is 20.8. The van der Waals surface area contributed by atoms with Crippen LogP contribution in [-0.2, 0) is 14.3 Å². The number of aromatic nitrogens is 2. The van der Waals surface area contributed by atoms with Gasteiger partial charge in [0.25, 0.3) is 11.2 Å². The Hall–Kier alpha value is -3.64. The molecule has 0 radical (unpaired) electrons. The molecule has 0 saturated heterocycles. The summed E-state index contributed by atoms with van der Waals surface area (Å²) in [5.74, 6) is -0.306. The summed E-state index contributed by atoms with van der Waals surface area (Å²) in [5.41, 5.74) is 8.57. The summed E-state index contributed by atoms with van der Waals surface area (Å²) in [6.07, 6.45) is 0. The van der Waals surface area contributed by atoms with Crippen LogP contribution in [0.2, 0.25) is 0 Å². The van der Waals surface area contributed by atoms with Gasteiger partial charge in [-0.2, -0.15) is 0 Å². The first kappa shape index (κ1) is 26.6. The third-order valence-electron chi connectivity index (χ3n) is 2.49. The van der Waals surface area contributed by atoms with E-state index < -0.39 is 17.6 Å². The van der Waals surface area contributed by atoms with Gasteiger partial charge in [0.05, 0.1) is 26.4 Å². The summed E-state index contributed by atoms with van der Waals surface area (Å²) in [6, 6.07) is -0.833. The third-order valence-corrected chi connectivity index (χ3v) is 2.69. The molecule has 1 aromatic rings. The van der Waals surface area contributed by atoms with Crippen LogP contribution in [0.4, 0.5) is 10.5 Å². The lowest BCUT2D eigenvalue weighted by Crippen LogP contribution is -2.18.